The van der Waals surface area contributed by atoms with E-state index < -0.39 is 5.72 Å². The summed E-state index contributed by atoms with van der Waals surface area (Å²) in [5, 5.41) is 19.0. The molecule has 2 N–H and O–H groups in total. The maximum Gasteiger partial charge on any atom is 0.293 e. The van der Waals surface area contributed by atoms with Gasteiger partial charge in [0, 0.05) is 30.4 Å². The lowest BCUT2D eigenvalue weighted by molar-refractivity contribution is -0.0924. The topological polar surface area (TPSA) is 95.7 Å². The summed E-state index contributed by atoms with van der Waals surface area (Å²) in [6.45, 7) is 5.16. The zero-order valence-corrected chi connectivity index (χ0v) is 16.6. The number of benzene rings is 1. The third-order valence-corrected chi connectivity index (χ3v) is 6.12. The van der Waals surface area contributed by atoms with Crippen LogP contribution in [0, 0.1) is 19.8 Å². The first-order valence-corrected chi connectivity index (χ1v) is 9.97. The Morgan fingerprint density at radius 2 is 2.03 bits per heavy atom. The second-order valence-electron chi connectivity index (χ2n) is 8.15. The molecule has 1 saturated heterocycles. The fraction of sp³-hybridized carbons (Fsp3) is 0.429. The standard InChI is InChI=1S/C21H24N6O2/c1-13-9-14(2)27-20(23-13)24-18(25-27)19(28)26-8-7-17-10-15-5-3-4-6-16(15)11-22-21(17,29)12-26/h3-6,9,17,22,29H,7-8,10-12H2,1-2H3/t17-,21+/m1/s1. The quantitative estimate of drug-likeness (QED) is 0.647. The first-order valence-electron chi connectivity index (χ1n) is 9.97. The van der Waals surface area contributed by atoms with Crippen molar-refractivity contribution >= 4 is 11.7 Å². The monoisotopic (exact) mass is 392 g/mol. The highest BCUT2D eigenvalue weighted by molar-refractivity contribution is 5.91. The highest BCUT2D eigenvalue weighted by atomic mass is 16.3. The Morgan fingerprint density at radius 3 is 2.86 bits per heavy atom. The van der Waals surface area contributed by atoms with E-state index in [9.17, 15) is 9.90 Å². The molecule has 8 nitrogen and oxygen atoms in total. The number of rotatable bonds is 1. The number of piperidine rings is 1. The van der Waals surface area contributed by atoms with Crippen molar-refractivity contribution in [1.82, 2.24) is 29.8 Å². The first kappa shape index (κ1) is 18.2. The van der Waals surface area contributed by atoms with E-state index in [0.717, 1.165) is 17.8 Å². The van der Waals surface area contributed by atoms with Crippen molar-refractivity contribution in [2.75, 3.05) is 13.1 Å². The van der Waals surface area contributed by atoms with Crippen molar-refractivity contribution in [2.45, 2.75) is 39.0 Å². The molecule has 1 amide bonds. The van der Waals surface area contributed by atoms with Gasteiger partial charge in [0.25, 0.3) is 11.7 Å². The molecule has 2 aliphatic rings. The van der Waals surface area contributed by atoms with E-state index in [1.807, 2.05) is 32.0 Å². The minimum atomic E-state index is -1.13. The van der Waals surface area contributed by atoms with Crippen molar-refractivity contribution < 1.29 is 9.90 Å². The molecule has 4 heterocycles. The number of likely N-dealkylation sites (tertiary alicyclic amines) is 1. The van der Waals surface area contributed by atoms with Gasteiger partial charge in [-0.3, -0.25) is 10.1 Å². The van der Waals surface area contributed by atoms with Crippen LogP contribution in [0.15, 0.2) is 30.3 Å². The Balaban J connectivity index is 1.40. The summed E-state index contributed by atoms with van der Waals surface area (Å²) >= 11 is 0. The van der Waals surface area contributed by atoms with E-state index >= 15 is 0 Å². The van der Waals surface area contributed by atoms with Gasteiger partial charge in [-0.2, -0.15) is 4.98 Å². The van der Waals surface area contributed by atoms with E-state index in [1.165, 1.54) is 11.1 Å². The first-order chi connectivity index (χ1) is 13.9. The molecule has 0 unspecified atom stereocenters. The van der Waals surface area contributed by atoms with Crippen LogP contribution in [0.5, 0.6) is 0 Å². The van der Waals surface area contributed by atoms with E-state index in [-0.39, 0.29) is 24.2 Å². The van der Waals surface area contributed by atoms with Crippen molar-refractivity contribution in [3.05, 3.63) is 58.7 Å². The molecule has 150 valence electrons. The molecular formula is C21H24N6O2. The predicted octanol–water partition coefficient (Wildman–Crippen LogP) is 1.24. The molecule has 1 aromatic carbocycles. The second-order valence-corrected chi connectivity index (χ2v) is 8.15. The van der Waals surface area contributed by atoms with Crippen LogP contribution in [-0.2, 0) is 13.0 Å². The normalized spacial score (nSPS) is 24.1. The molecule has 3 aromatic rings. The van der Waals surface area contributed by atoms with Gasteiger partial charge >= 0.3 is 0 Å². The number of carbonyl (C=O) groups excluding carboxylic acids is 1. The molecule has 0 saturated carbocycles. The van der Waals surface area contributed by atoms with Crippen LogP contribution in [0.3, 0.4) is 0 Å². The molecule has 0 aliphatic carbocycles. The van der Waals surface area contributed by atoms with Crippen LogP contribution in [-0.4, -0.2) is 54.3 Å². The predicted molar refractivity (Wildman–Crippen MR) is 106 cm³/mol. The fourth-order valence-corrected chi connectivity index (χ4v) is 4.54. The van der Waals surface area contributed by atoms with Crippen molar-refractivity contribution in [3.8, 4) is 0 Å². The average molecular weight is 392 g/mol. The van der Waals surface area contributed by atoms with E-state index in [1.54, 1.807) is 9.42 Å². The molecule has 0 bridgehead atoms. The summed E-state index contributed by atoms with van der Waals surface area (Å²) < 4.78 is 1.59. The SMILES string of the molecule is Cc1cc(C)n2nc(C(=O)N3CC[C@@H]4Cc5ccccc5CN[C@]4(O)C3)nc2n1. The maximum absolute atomic E-state index is 13.1. The highest BCUT2D eigenvalue weighted by Crippen LogP contribution is 2.33. The molecule has 5 rings (SSSR count). The van der Waals surface area contributed by atoms with Crippen LogP contribution < -0.4 is 5.32 Å². The number of β-amino-alcohol motifs (C(OH)–C–C–N with tert-alkyl or cyclic N) is 1. The van der Waals surface area contributed by atoms with Gasteiger partial charge in [0.1, 0.15) is 5.72 Å². The summed E-state index contributed by atoms with van der Waals surface area (Å²) in [6.07, 6.45) is 1.52. The summed E-state index contributed by atoms with van der Waals surface area (Å²) in [5.74, 6) is 0.312. The van der Waals surface area contributed by atoms with Gasteiger partial charge in [-0.05, 0) is 43.9 Å². The number of aromatic nitrogens is 4. The molecule has 2 aromatic heterocycles. The Morgan fingerprint density at radius 1 is 1.24 bits per heavy atom. The average Bonchev–Trinajstić information content (AvgIpc) is 3.06. The van der Waals surface area contributed by atoms with Crippen LogP contribution in [0.25, 0.3) is 5.78 Å². The summed E-state index contributed by atoms with van der Waals surface area (Å²) in [5.41, 5.74) is 3.04. The lowest BCUT2D eigenvalue weighted by atomic mass is 9.83. The minimum absolute atomic E-state index is 0.0517. The molecule has 2 atom stereocenters. The van der Waals surface area contributed by atoms with Gasteiger partial charge in [-0.15, -0.1) is 5.10 Å². The molecule has 0 spiro atoms. The van der Waals surface area contributed by atoms with E-state index in [0.29, 0.717) is 25.3 Å². The van der Waals surface area contributed by atoms with Gasteiger partial charge in [0.05, 0.1) is 6.54 Å². The van der Waals surface area contributed by atoms with Crippen LogP contribution >= 0.6 is 0 Å². The second kappa shape index (κ2) is 6.60. The Hall–Kier alpha value is -2.84. The smallest absolute Gasteiger partial charge is 0.293 e. The molecular weight excluding hydrogens is 368 g/mol. The lowest BCUT2D eigenvalue weighted by Gasteiger charge is -2.44. The molecule has 29 heavy (non-hydrogen) atoms. The van der Waals surface area contributed by atoms with Crippen LogP contribution in [0.2, 0.25) is 0 Å². The van der Waals surface area contributed by atoms with Crippen molar-refractivity contribution in [3.63, 3.8) is 0 Å². The van der Waals surface area contributed by atoms with Crippen LogP contribution in [0.4, 0.5) is 0 Å². The number of nitrogens with zero attached hydrogens (tertiary/aromatic N) is 5. The number of carbonyl (C=O) groups is 1. The van der Waals surface area contributed by atoms with E-state index in [4.69, 9.17) is 0 Å². The zero-order valence-electron chi connectivity index (χ0n) is 16.6. The number of fused-ring (bicyclic) bond motifs is 3. The highest BCUT2D eigenvalue weighted by Gasteiger charge is 2.45. The van der Waals surface area contributed by atoms with Gasteiger partial charge < -0.3 is 10.0 Å². The molecule has 0 radical (unpaired) electrons. The van der Waals surface area contributed by atoms with Gasteiger partial charge in [0.2, 0.25) is 5.82 Å². The Bertz CT molecular complexity index is 1110. The number of nitrogens with one attached hydrogen (secondary N) is 1. The number of hydrogen-bond acceptors (Lipinski definition) is 6. The lowest BCUT2D eigenvalue weighted by Crippen LogP contribution is -2.62. The molecule has 2 aliphatic heterocycles. The van der Waals surface area contributed by atoms with Crippen molar-refractivity contribution in [2.24, 2.45) is 5.92 Å². The van der Waals surface area contributed by atoms with Crippen molar-refractivity contribution in [1.29, 1.82) is 0 Å². The summed E-state index contributed by atoms with van der Waals surface area (Å²) in [4.78, 5) is 23.4. The summed E-state index contributed by atoms with van der Waals surface area (Å²) in [6, 6.07) is 10.2. The van der Waals surface area contributed by atoms with Gasteiger partial charge in [-0.1, -0.05) is 24.3 Å². The third-order valence-electron chi connectivity index (χ3n) is 6.12. The number of amides is 1. The van der Waals surface area contributed by atoms with Crippen LogP contribution in [0.1, 0.15) is 39.6 Å². The molecule has 1 fully saturated rings. The summed E-state index contributed by atoms with van der Waals surface area (Å²) in [7, 11) is 0. The maximum atomic E-state index is 13.1. The van der Waals surface area contributed by atoms with Gasteiger partial charge in [-0.25, -0.2) is 9.50 Å². The zero-order chi connectivity index (χ0) is 20.2. The molecule has 8 heteroatoms. The minimum Gasteiger partial charge on any atom is -0.374 e. The number of aryl methyl sites for hydroxylation is 2. The van der Waals surface area contributed by atoms with Gasteiger partial charge in [0.15, 0.2) is 0 Å². The largest absolute Gasteiger partial charge is 0.374 e. The number of hydrogen-bond donors (Lipinski definition) is 2. The number of aliphatic hydroxyl groups is 1. The fourth-order valence-electron chi connectivity index (χ4n) is 4.54. The van der Waals surface area contributed by atoms with E-state index in [2.05, 4.69) is 32.5 Å². The third kappa shape index (κ3) is 3.08. The Kier molecular flexibility index (Phi) is 4.15. The Labute approximate surface area is 168 Å².